The Labute approximate surface area is 82.5 Å². The largest absolute Gasteiger partial charge is 0.394 e. The first-order valence-corrected chi connectivity index (χ1v) is 4.34. The van der Waals surface area contributed by atoms with Crippen molar-refractivity contribution in [3.05, 3.63) is 0 Å². The minimum atomic E-state index is -0.845. The predicted octanol–water partition coefficient (Wildman–Crippen LogP) is -2.04. The van der Waals surface area contributed by atoms with Crippen LogP contribution in [0.1, 0.15) is 6.42 Å². The van der Waals surface area contributed by atoms with E-state index in [1.54, 1.807) is 0 Å². The number of nitrogens with one attached hydrogen (secondary N) is 2. The molecule has 14 heavy (non-hydrogen) atoms. The summed E-state index contributed by atoms with van der Waals surface area (Å²) in [6.45, 7) is 0.243. The zero-order chi connectivity index (χ0) is 10.8. The van der Waals surface area contributed by atoms with Crippen molar-refractivity contribution in [1.82, 2.24) is 10.6 Å². The molecule has 0 bridgehead atoms. The van der Waals surface area contributed by atoms with Crippen molar-refractivity contribution < 1.29 is 15.0 Å². The number of carbonyl (C=O) groups is 1. The summed E-state index contributed by atoms with van der Waals surface area (Å²) in [4.78, 5) is 11.0. The minimum Gasteiger partial charge on any atom is -0.394 e. The molecule has 0 aromatic heterocycles. The molecular formula is C8H15N3O3. The molecule has 0 aliphatic heterocycles. The van der Waals surface area contributed by atoms with Crippen LogP contribution in [0.5, 0.6) is 0 Å². The summed E-state index contributed by atoms with van der Waals surface area (Å²) in [6.07, 6.45) is -0.563. The maximum absolute atomic E-state index is 11.0. The lowest BCUT2D eigenvalue weighted by Crippen LogP contribution is -2.38. The van der Waals surface area contributed by atoms with E-state index in [4.69, 9.17) is 15.5 Å². The van der Waals surface area contributed by atoms with Gasteiger partial charge in [-0.2, -0.15) is 5.26 Å². The Morgan fingerprint density at radius 2 is 2.29 bits per heavy atom. The van der Waals surface area contributed by atoms with Crippen molar-refractivity contribution in [3.63, 3.8) is 0 Å². The molecule has 1 amide bonds. The molecule has 6 heteroatoms. The molecule has 4 N–H and O–H groups in total. The smallest absolute Gasteiger partial charge is 0.233 e. The summed E-state index contributed by atoms with van der Waals surface area (Å²) in [7, 11) is 0. The van der Waals surface area contributed by atoms with Crippen molar-refractivity contribution in [2.45, 2.75) is 12.5 Å². The van der Waals surface area contributed by atoms with Gasteiger partial charge in [0.15, 0.2) is 0 Å². The Balaban J connectivity index is 3.32. The van der Waals surface area contributed by atoms with Gasteiger partial charge in [-0.3, -0.25) is 4.79 Å². The van der Waals surface area contributed by atoms with Gasteiger partial charge in [0.25, 0.3) is 0 Å². The van der Waals surface area contributed by atoms with Crippen molar-refractivity contribution in [2.24, 2.45) is 0 Å². The van der Waals surface area contributed by atoms with Crippen LogP contribution in [0.3, 0.4) is 0 Å². The lowest BCUT2D eigenvalue weighted by molar-refractivity contribution is -0.120. The van der Waals surface area contributed by atoms with Crippen LogP contribution in [-0.4, -0.2) is 48.5 Å². The fraction of sp³-hybridized carbons (Fsp3) is 0.750. The molecule has 1 atom stereocenters. The molecule has 0 fully saturated rings. The van der Waals surface area contributed by atoms with Crippen molar-refractivity contribution in [3.8, 4) is 6.07 Å². The van der Waals surface area contributed by atoms with Crippen LogP contribution in [0.15, 0.2) is 0 Å². The molecular weight excluding hydrogens is 186 g/mol. The average Bonchev–Trinajstić information content (AvgIpc) is 2.18. The molecule has 0 rings (SSSR count). The molecule has 6 nitrogen and oxygen atoms in total. The molecule has 0 saturated heterocycles. The second-order valence-electron chi connectivity index (χ2n) is 2.73. The Bertz CT molecular complexity index is 202. The van der Waals surface area contributed by atoms with Crippen molar-refractivity contribution >= 4 is 5.91 Å². The van der Waals surface area contributed by atoms with Gasteiger partial charge in [-0.1, -0.05) is 0 Å². The third-order valence-corrected chi connectivity index (χ3v) is 1.44. The highest BCUT2D eigenvalue weighted by atomic mass is 16.3. The number of nitrogens with zero attached hydrogens (tertiary/aromatic N) is 1. The minimum absolute atomic E-state index is 0.0719. The van der Waals surface area contributed by atoms with Crippen LogP contribution < -0.4 is 10.6 Å². The quantitative estimate of drug-likeness (QED) is 0.355. The highest BCUT2D eigenvalue weighted by Crippen LogP contribution is 1.76. The molecule has 0 aromatic carbocycles. The number of carbonyl (C=O) groups excluding carboxylic acids is 1. The average molecular weight is 201 g/mol. The van der Waals surface area contributed by atoms with E-state index in [2.05, 4.69) is 10.6 Å². The molecule has 0 aromatic rings. The first-order chi connectivity index (χ1) is 6.70. The zero-order valence-corrected chi connectivity index (χ0v) is 7.86. The number of nitriles is 1. The molecule has 1 unspecified atom stereocenters. The third-order valence-electron chi connectivity index (χ3n) is 1.44. The van der Waals surface area contributed by atoms with Crippen LogP contribution in [0, 0.1) is 11.3 Å². The van der Waals surface area contributed by atoms with E-state index in [0.717, 1.165) is 0 Å². The lowest BCUT2D eigenvalue weighted by atomic mass is 10.4. The van der Waals surface area contributed by atoms with E-state index in [1.807, 2.05) is 6.07 Å². The topological polar surface area (TPSA) is 105 Å². The normalized spacial score (nSPS) is 11.8. The van der Waals surface area contributed by atoms with Crippen LogP contribution >= 0.6 is 0 Å². The van der Waals surface area contributed by atoms with Gasteiger partial charge in [0, 0.05) is 13.1 Å². The van der Waals surface area contributed by atoms with Crippen LogP contribution in [0.25, 0.3) is 0 Å². The van der Waals surface area contributed by atoms with Gasteiger partial charge in [-0.25, -0.2) is 0 Å². The standard InChI is InChI=1S/C8H15N3O3/c9-2-1-3-11-8(14)5-10-4-7(13)6-12/h7,10,12-13H,1,3-6H2,(H,11,14). The zero-order valence-electron chi connectivity index (χ0n) is 7.86. The van der Waals surface area contributed by atoms with E-state index in [9.17, 15) is 4.79 Å². The van der Waals surface area contributed by atoms with E-state index >= 15 is 0 Å². The van der Waals surface area contributed by atoms with Gasteiger partial charge in [0.2, 0.25) is 5.91 Å². The van der Waals surface area contributed by atoms with Gasteiger partial charge in [0.1, 0.15) is 0 Å². The van der Waals surface area contributed by atoms with Gasteiger partial charge in [-0.05, 0) is 0 Å². The second-order valence-corrected chi connectivity index (χ2v) is 2.73. The maximum atomic E-state index is 11.0. The van der Waals surface area contributed by atoms with Gasteiger partial charge >= 0.3 is 0 Å². The molecule has 0 saturated carbocycles. The van der Waals surface area contributed by atoms with Gasteiger partial charge in [-0.15, -0.1) is 0 Å². The van der Waals surface area contributed by atoms with Gasteiger partial charge in [0.05, 0.1) is 31.7 Å². The highest BCUT2D eigenvalue weighted by Gasteiger charge is 2.03. The summed E-state index contributed by atoms with van der Waals surface area (Å²) >= 11 is 0. The molecule has 0 aliphatic rings. The number of amides is 1. The number of hydrogen-bond acceptors (Lipinski definition) is 5. The Hall–Kier alpha value is -1.16. The van der Waals surface area contributed by atoms with Crippen LogP contribution in [0.4, 0.5) is 0 Å². The monoisotopic (exact) mass is 201 g/mol. The second kappa shape index (κ2) is 8.44. The van der Waals surface area contributed by atoms with E-state index < -0.39 is 6.10 Å². The molecule has 0 aliphatic carbocycles. The number of aliphatic hydroxyl groups excluding tert-OH is 2. The van der Waals surface area contributed by atoms with Crippen molar-refractivity contribution in [1.29, 1.82) is 5.26 Å². The van der Waals surface area contributed by atoms with Gasteiger partial charge < -0.3 is 20.8 Å². The lowest BCUT2D eigenvalue weighted by Gasteiger charge is -2.08. The summed E-state index contributed by atoms with van der Waals surface area (Å²) in [5, 5.41) is 30.7. The third kappa shape index (κ3) is 7.49. The molecule has 0 spiro atoms. The summed E-state index contributed by atoms with van der Waals surface area (Å²) in [6, 6.07) is 1.90. The van der Waals surface area contributed by atoms with E-state index in [0.29, 0.717) is 6.54 Å². The number of rotatable bonds is 7. The Morgan fingerprint density at radius 1 is 1.57 bits per heavy atom. The first kappa shape index (κ1) is 12.8. The fourth-order valence-electron chi connectivity index (χ4n) is 0.737. The molecule has 0 radical (unpaired) electrons. The molecule has 80 valence electrons. The summed E-state index contributed by atoms with van der Waals surface area (Å²) in [5.41, 5.74) is 0. The Morgan fingerprint density at radius 3 is 2.86 bits per heavy atom. The fourth-order valence-corrected chi connectivity index (χ4v) is 0.737. The summed E-state index contributed by atoms with van der Waals surface area (Å²) < 4.78 is 0. The number of aliphatic hydroxyl groups is 2. The molecule has 0 heterocycles. The van der Waals surface area contributed by atoms with Crippen LogP contribution in [-0.2, 0) is 4.79 Å². The van der Waals surface area contributed by atoms with E-state index in [1.165, 1.54) is 0 Å². The number of hydrogen-bond donors (Lipinski definition) is 4. The maximum Gasteiger partial charge on any atom is 0.233 e. The van der Waals surface area contributed by atoms with Crippen LogP contribution in [0.2, 0.25) is 0 Å². The summed E-state index contributed by atoms with van der Waals surface area (Å²) in [5.74, 6) is -0.231. The van der Waals surface area contributed by atoms with Crippen molar-refractivity contribution in [2.75, 3.05) is 26.2 Å². The SMILES string of the molecule is N#CCCNC(=O)CNCC(O)CO. The first-order valence-electron chi connectivity index (χ1n) is 4.34. The Kier molecular flexibility index (Phi) is 7.74. The predicted molar refractivity (Wildman–Crippen MR) is 49.2 cm³/mol. The van der Waals surface area contributed by atoms with E-state index in [-0.39, 0.29) is 32.0 Å². The highest BCUT2D eigenvalue weighted by molar-refractivity contribution is 5.77.